The molecule has 2 aromatic rings. The van der Waals surface area contributed by atoms with Crippen LogP contribution in [0, 0.1) is 0 Å². The van der Waals surface area contributed by atoms with Crippen molar-refractivity contribution in [2.24, 2.45) is 0 Å². The molecule has 30 heavy (non-hydrogen) atoms. The highest BCUT2D eigenvalue weighted by Gasteiger charge is 2.28. The maximum absolute atomic E-state index is 13.1. The average Bonchev–Trinajstić information content (AvgIpc) is 2.76. The standard InChI is InChI=1S/C23H27N3O4/c1-15-14-30-19-9-5-7-17(13-19)16-6-4-8-18(12-16)23(29)26(3)20(22(28)24-2)10-11-21(27)25-15/h4-9,12-13,15,20H,10-11,14H2,1-3H3,(H,24,28)(H,25,27). The summed E-state index contributed by atoms with van der Waals surface area (Å²) < 4.78 is 5.84. The third-order valence-corrected chi connectivity index (χ3v) is 5.17. The summed E-state index contributed by atoms with van der Waals surface area (Å²) in [6.07, 6.45) is 0.343. The van der Waals surface area contributed by atoms with E-state index in [2.05, 4.69) is 10.6 Å². The van der Waals surface area contributed by atoms with E-state index in [0.29, 0.717) is 17.9 Å². The molecule has 7 heteroatoms. The lowest BCUT2D eigenvalue weighted by Gasteiger charge is -2.27. The number of likely N-dealkylation sites (N-methyl/N-ethyl adjacent to an activating group) is 2. The molecule has 0 spiro atoms. The van der Waals surface area contributed by atoms with Crippen LogP contribution in [0.5, 0.6) is 5.75 Å². The average molecular weight is 409 g/mol. The van der Waals surface area contributed by atoms with Gasteiger partial charge in [0, 0.05) is 26.1 Å². The second-order valence-corrected chi connectivity index (χ2v) is 7.47. The van der Waals surface area contributed by atoms with Gasteiger partial charge in [-0.25, -0.2) is 0 Å². The highest BCUT2D eigenvalue weighted by Crippen LogP contribution is 2.25. The first-order valence-corrected chi connectivity index (χ1v) is 10.0. The number of hydrogen-bond acceptors (Lipinski definition) is 4. The number of benzene rings is 2. The fraction of sp³-hybridized carbons (Fsp3) is 0.348. The molecule has 0 fully saturated rings. The van der Waals surface area contributed by atoms with E-state index < -0.39 is 6.04 Å². The van der Waals surface area contributed by atoms with E-state index in [4.69, 9.17) is 4.74 Å². The Balaban J connectivity index is 2.01. The zero-order chi connectivity index (χ0) is 21.7. The Hall–Kier alpha value is -3.35. The van der Waals surface area contributed by atoms with Gasteiger partial charge in [-0.05, 0) is 48.7 Å². The summed E-state index contributed by atoms with van der Waals surface area (Å²) in [6.45, 7) is 2.19. The first-order chi connectivity index (χ1) is 14.4. The van der Waals surface area contributed by atoms with Crippen LogP contribution in [-0.4, -0.2) is 55.4 Å². The van der Waals surface area contributed by atoms with E-state index in [1.165, 1.54) is 11.9 Å². The minimum atomic E-state index is -0.750. The van der Waals surface area contributed by atoms with E-state index in [0.717, 1.165) is 11.1 Å². The number of fused-ring (bicyclic) bond motifs is 5. The molecule has 2 unspecified atom stereocenters. The molecule has 0 saturated carbocycles. The summed E-state index contributed by atoms with van der Waals surface area (Å²) in [5.41, 5.74) is 2.27. The van der Waals surface area contributed by atoms with Gasteiger partial charge in [0.15, 0.2) is 0 Å². The van der Waals surface area contributed by atoms with Crippen molar-refractivity contribution < 1.29 is 19.1 Å². The third-order valence-electron chi connectivity index (χ3n) is 5.17. The molecule has 2 atom stereocenters. The molecular formula is C23H27N3O4. The van der Waals surface area contributed by atoms with Crippen molar-refractivity contribution in [2.75, 3.05) is 20.7 Å². The van der Waals surface area contributed by atoms with Crippen molar-refractivity contribution in [3.05, 3.63) is 54.1 Å². The molecule has 158 valence electrons. The second-order valence-electron chi connectivity index (χ2n) is 7.47. The molecule has 0 saturated heterocycles. The van der Waals surface area contributed by atoms with Crippen LogP contribution in [0.2, 0.25) is 0 Å². The summed E-state index contributed by atoms with van der Waals surface area (Å²) in [5, 5.41) is 5.47. The second kappa shape index (κ2) is 9.43. The molecule has 1 aliphatic rings. The molecule has 0 aromatic heterocycles. The highest BCUT2D eigenvalue weighted by atomic mass is 16.5. The van der Waals surface area contributed by atoms with E-state index in [9.17, 15) is 14.4 Å². The van der Waals surface area contributed by atoms with Gasteiger partial charge >= 0.3 is 0 Å². The molecular weight excluding hydrogens is 382 g/mol. The van der Waals surface area contributed by atoms with Gasteiger partial charge in [-0.3, -0.25) is 14.4 Å². The number of carbonyl (C=O) groups excluding carboxylic acids is 3. The van der Waals surface area contributed by atoms with Crippen molar-refractivity contribution in [3.8, 4) is 16.9 Å². The van der Waals surface area contributed by atoms with Crippen molar-refractivity contribution in [3.63, 3.8) is 0 Å². The first-order valence-electron chi connectivity index (χ1n) is 10.0. The number of carbonyl (C=O) groups is 3. The summed E-state index contributed by atoms with van der Waals surface area (Å²) in [4.78, 5) is 39.3. The fourth-order valence-electron chi connectivity index (χ4n) is 3.49. The SMILES string of the molecule is CNC(=O)C1CCC(=O)NC(C)COc2cccc(c2)-c2cccc(c2)C(=O)N1C. The predicted octanol–water partition coefficient (Wildman–Crippen LogP) is 2.22. The van der Waals surface area contributed by atoms with Gasteiger partial charge in [-0.1, -0.05) is 24.3 Å². The molecule has 3 amide bonds. The Bertz CT molecular complexity index is 944. The van der Waals surface area contributed by atoms with Crippen LogP contribution in [0.1, 0.15) is 30.1 Å². The first kappa shape index (κ1) is 21.4. The quantitative estimate of drug-likeness (QED) is 0.756. The third kappa shape index (κ3) is 4.97. The molecule has 2 N–H and O–H groups in total. The zero-order valence-corrected chi connectivity index (χ0v) is 17.5. The number of amides is 3. The summed E-state index contributed by atoms with van der Waals surface area (Å²) in [5.74, 6) is -0.0864. The normalized spacial score (nSPS) is 20.2. The lowest BCUT2D eigenvalue weighted by molar-refractivity contribution is -0.126. The number of nitrogens with zero attached hydrogens (tertiary/aromatic N) is 1. The van der Waals surface area contributed by atoms with E-state index >= 15 is 0 Å². The van der Waals surface area contributed by atoms with Crippen LogP contribution in [0.15, 0.2) is 48.5 Å². The summed E-state index contributed by atoms with van der Waals surface area (Å²) in [7, 11) is 3.11. The Kier molecular flexibility index (Phi) is 6.72. The monoisotopic (exact) mass is 409 g/mol. The van der Waals surface area contributed by atoms with Crippen LogP contribution in [0.4, 0.5) is 0 Å². The maximum atomic E-state index is 13.1. The van der Waals surface area contributed by atoms with Gasteiger partial charge in [0.1, 0.15) is 18.4 Å². The fourth-order valence-corrected chi connectivity index (χ4v) is 3.49. The molecule has 7 nitrogen and oxygen atoms in total. The maximum Gasteiger partial charge on any atom is 0.254 e. The van der Waals surface area contributed by atoms with Crippen molar-refractivity contribution in [2.45, 2.75) is 31.8 Å². The van der Waals surface area contributed by atoms with Crippen LogP contribution in [-0.2, 0) is 9.59 Å². The van der Waals surface area contributed by atoms with Crippen LogP contribution in [0.25, 0.3) is 11.1 Å². The molecule has 2 aromatic carbocycles. The van der Waals surface area contributed by atoms with Crippen LogP contribution < -0.4 is 15.4 Å². The molecule has 1 heterocycles. The molecule has 1 aliphatic heterocycles. The van der Waals surface area contributed by atoms with Gasteiger partial charge in [0.25, 0.3) is 5.91 Å². The van der Waals surface area contributed by atoms with Crippen molar-refractivity contribution in [1.82, 2.24) is 15.5 Å². The largest absolute Gasteiger partial charge is 0.491 e. The minimum absolute atomic E-state index is 0.121. The van der Waals surface area contributed by atoms with E-state index in [1.807, 2.05) is 43.3 Å². The summed E-state index contributed by atoms with van der Waals surface area (Å²) in [6, 6.07) is 13.9. The van der Waals surface area contributed by atoms with Gasteiger partial charge in [0.05, 0.1) is 6.04 Å². The highest BCUT2D eigenvalue weighted by molar-refractivity contribution is 5.98. The Morgan fingerprint density at radius 1 is 1.10 bits per heavy atom. The van der Waals surface area contributed by atoms with Crippen molar-refractivity contribution in [1.29, 1.82) is 0 Å². The van der Waals surface area contributed by atoms with Gasteiger partial charge in [-0.15, -0.1) is 0 Å². The van der Waals surface area contributed by atoms with E-state index in [1.54, 1.807) is 19.2 Å². The number of rotatable bonds is 1. The molecule has 3 rings (SSSR count). The molecule has 0 aliphatic carbocycles. The molecule has 4 bridgehead atoms. The summed E-state index contributed by atoms with van der Waals surface area (Å²) >= 11 is 0. The van der Waals surface area contributed by atoms with E-state index in [-0.39, 0.29) is 36.6 Å². The van der Waals surface area contributed by atoms with Crippen LogP contribution in [0.3, 0.4) is 0 Å². The molecule has 0 radical (unpaired) electrons. The Morgan fingerprint density at radius 2 is 1.77 bits per heavy atom. The number of nitrogens with one attached hydrogen (secondary N) is 2. The van der Waals surface area contributed by atoms with Crippen molar-refractivity contribution >= 4 is 17.7 Å². The van der Waals surface area contributed by atoms with Gasteiger partial charge < -0.3 is 20.3 Å². The number of hydrogen-bond donors (Lipinski definition) is 2. The van der Waals surface area contributed by atoms with Gasteiger partial charge in [-0.2, -0.15) is 0 Å². The van der Waals surface area contributed by atoms with Gasteiger partial charge in [0.2, 0.25) is 11.8 Å². The lowest BCUT2D eigenvalue weighted by Crippen LogP contribution is -2.47. The number of ether oxygens (including phenoxy) is 1. The topological polar surface area (TPSA) is 87.7 Å². The Morgan fingerprint density at radius 3 is 2.50 bits per heavy atom. The lowest BCUT2D eigenvalue weighted by atomic mass is 10.0. The Labute approximate surface area is 176 Å². The minimum Gasteiger partial charge on any atom is -0.491 e. The smallest absolute Gasteiger partial charge is 0.254 e. The predicted molar refractivity (Wildman–Crippen MR) is 114 cm³/mol. The van der Waals surface area contributed by atoms with Crippen LogP contribution >= 0.6 is 0 Å². The zero-order valence-electron chi connectivity index (χ0n) is 17.5.